The van der Waals surface area contributed by atoms with Crippen LogP contribution in [0.4, 0.5) is 0 Å². The molecule has 1 aliphatic rings. The maximum atomic E-state index is 5.63. The highest BCUT2D eigenvalue weighted by atomic mass is 16.5. The summed E-state index contributed by atoms with van der Waals surface area (Å²) >= 11 is 0. The number of nitrogens with one attached hydrogen (secondary N) is 1. The van der Waals surface area contributed by atoms with Crippen LogP contribution >= 0.6 is 0 Å². The molecule has 0 amide bonds. The van der Waals surface area contributed by atoms with Crippen molar-refractivity contribution in [1.29, 1.82) is 0 Å². The van der Waals surface area contributed by atoms with Crippen LogP contribution in [-0.2, 0) is 11.3 Å². The molecule has 3 nitrogen and oxygen atoms in total. The molecule has 1 fully saturated rings. The Labute approximate surface area is 116 Å². The molecular formula is C16H25NO2. The Morgan fingerprint density at radius 1 is 1.11 bits per heavy atom. The summed E-state index contributed by atoms with van der Waals surface area (Å²) in [7, 11) is 0. The van der Waals surface area contributed by atoms with Gasteiger partial charge in [0.1, 0.15) is 12.4 Å². The quantitative estimate of drug-likeness (QED) is 0.658. The summed E-state index contributed by atoms with van der Waals surface area (Å²) in [5, 5.41) is 3.50. The van der Waals surface area contributed by atoms with Crippen molar-refractivity contribution in [3.05, 3.63) is 29.8 Å². The highest BCUT2D eigenvalue weighted by Gasteiger charge is 2.19. The summed E-state index contributed by atoms with van der Waals surface area (Å²) in [5.74, 6) is 0.925. The first-order valence-corrected chi connectivity index (χ1v) is 7.41. The fraction of sp³-hybridized carbons (Fsp3) is 0.625. The minimum atomic E-state index is 0.628. The van der Waals surface area contributed by atoms with E-state index in [1.807, 2.05) is 12.1 Å². The van der Waals surface area contributed by atoms with E-state index in [4.69, 9.17) is 9.47 Å². The molecule has 0 spiro atoms. The van der Waals surface area contributed by atoms with E-state index in [2.05, 4.69) is 24.4 Å². The van der Waals surface area contributed by atoms with Crippen molar-refractivity contribution >= 4 is 0 Å². The normalized spacial score (nSPS) is 14.6. The lowest BCUT2D eigenvalue weighted by Gasteiger charge is -2.08. The largest absolute Gasteiger partial charge is 0.491 e. The van der Waals surface area contributed by atoms with Crippen molar-refractivity contribution in [2.75, 3.05) is 19.8 Å². The molecule has 0 radical (unpaired) electrons. The second-order valence-corrected chi connectivity index (χ2v) is 5.11. The second kappa shape index (κ2) is 8.18. The van der Waals surface area contributed by atoms with Gasteiger partial charge in [-0.3, -0.25) is 0 Å². The number of ether oxygens (including phenoxy) is 2. The van der Waals surface area contributed by atoms with Crippen LogP contribution in [-0.4, -0.2) is 25.9 Å². The van der Waals surface area contributed by atoms with Crippen LogP contribution in [0, 0.1) is 0 Å². The maximum Gasteiger partial charge on any atom is 0.119 e. The van der Waals surface area contributed by atoms with E-state index < -0.39 is 0 Å². The minimum absolute atomic E-state index is 0.628. The second-order valence-electron chi connectivity index (χ2n) is 5.11. The van der Waals surface area contributed by atoms with Gasteiger partial charge >= 0.3 is 0 Å². The molecule has 0 unspecified atom stereocenters. The smallest absolute Gasteiger partial charge is 0.119 e. The number of hydrogen-bond acceptors (Lipinski definition) is 3. The van der Waals surface area contributed by atoms with Crippen LogP contribution in [0.15, 0.2) is 24.3 Å². The van der Waals surface area contributed by atoms with Crippen LogP contribution in [0.3, 0.4) is 0 Å². The molecule has 106 valence electrons. The molecule has 1 aliphatic carbocycles. The predicted octanol–water partition coefficient (Wildman–Crippen LogP) is 3.13. The molecule has 3 heteroatoms. The third-order valence-electron chi connectivity index (χ3n) is 3.23. The first-order chi connectivity index (χ1) is 9.38. The van der Waals surface area contributed by atoms with E-state index in [9.17, 15) is 0 Å². The zero-order valence-electron chi connectivity index (χ0n) is 11.9. The topological polar surface area (TPSA) is 30.5 Å². The molecule has 0 aliphatic heterocycles. The van der Waals surface area contributed by atoms with Gasteiger partial charge in [0.05, 0.1) is 6.61 Å². The fourth-order valence-electron chi connectivity index (χ4n) is 1.82. The van der Waals surface area contributed by atoms with E-state index in [1.165, 1.54) is 24.8 Å². The molecule has 1 saturated carbocycles. The molecular weight excluding hydrogens is 238 g/mol. The Bertz CT molecular complexity index is 346. The lowest BCUT2D eigenvalue weighted by Crippen LogP contribution is -2.15. The average molecular weight is 263 g/mol. The maximum absolute atomic E-state index is 5.63. The van der Waals surface area contributed by atoms with E-state index in [0.717, 1.165) is 31.4 Å². The van der Waals surface area contributed by atoms with Crippen molar-refractivity contribution in [2.24, 2.45) is 0 Å². The third kappa shape index (κ3) is 6.08. The van der Waals surface area contributed by atoms with Crippen molar-refractivity contribution in [3.8, 4) is 5.75 Å². The Morgan fingerprint density at radius 2 is 1.89 bits per heavy atom. The Morgan fingerprint density at radius 3 is 2.58 bits per heavy atom. The van der Waals surface area contributed by atoms with E-state index in [-0.39, 0.29) is 0 Å². The molecule has 0 heterocycles. The highest BCUT2D eigenvalue weighted by molar-refractivity contribution is 5.27. The summed E-state index contributed by atoms with van der Waals surface area (Å²) in [4.78, 5) is 0. The highest BCUT2D eigenvalue weighted by Crippen LogP contribution is 2.19. The Hall–Kier alpha value is -1.06. The molecule has 0 bridgehead atoms. The van der Waals surface area contributed by atoms with Crippen molar-refractivity contribution in [2.45, 2.75) is 45.2 Å². The monoisotopic (exact) mass is 263 g/mol. The molecule has 19 heavy (non-hydrogen) atoms. The summed E-state index contributed by atoms with van der Waals surface area (Å²) < 4.78 is 11.1. The number of rotatable bonds is 10. The summed E-state index contributed by atoms with van der Waals surface area (Å²) in [6.07, 6.45) is 4.97. The average Bonchev–Trinajstić information content (AvgIpc) is 3.26. The lowest BCUT2D eigenvalue weighted by atomic mass is 10.2. The fourth-order valence-corrected chi connectivity index (χ4v) is 1.82. The van der Waals surface area contributed by atoms with E-state index in [1.54, 1.807) is 0 Å². The lowest BCUT2D eigenvalue weighted by molar-refractivity contribution is 0.0980. The molecule has 2 rings (SSSR count). The summed E-state index contributed by atoms with van der Waals surface area (Å²) in [6.45, 7) is 5.27. The predicted molar refractivity (Wildman–Crippen MR) is 77.5 cm³/mol. The van der Waals surface area contributed by atoms with Crippen LogP contribution < -0.4 is 10.1 Å². The van der Waals surface area contributed by atoms with Gasteiger partial charge < -0.3 is 14.8 Å². The van der Waals surface area contributed by atoms with Crippen molar-refractivity contribution in [3.63, 3.8) is 0 Å². The molecule has 1 N–H and O–H groups in total. The van der Waals surface area contributed by atoms with Gasteiger partial charge in [0, 0.05) is 19.2 Å². The van der Waals surface area contributed by atoms with Gasteiger partial charge in [0.15, 0.2) is 0 Å². The van der Waals surface area contributed by atoms with Crippen LogP contribution in [0.2, 0.25) is 0 Å². The van der Waals surface area contributed by atoms with Crippen molar-refractivity contribution < 1.29 is 9.47 Å². The van der Waals surface area contributed by atoms with Gasteiger partial charge in [-0.1, -0.05) is 25.5 Å². The molecule has 1 aromatic rings. The number of unbranched alkanes of at least 4 members (excludes halogenated alkanes) is 1. The van der Waals surface area contributed by atoms with Crippen LogP contribution in [0.25, 0.3) is 0 Å². The third-order valence-corrected chi connectivity index (χ3v) is 3.23. The number of benzene rings is 1. The zero-order chi connectivity index (χ0) is 13.3. The SMILES string of the molecule is CCCCOCCOc1ccc(CNC2CC2)cc1. The Balaban J connectivity index is 1.58. The minimum Gasteiger partial charge on any atom is -0.491 e. The van der Waals surface area contributed by atoms with Gasteiger partial charge in [-0.05, 0) is 37.0 Å². The number of hydrogen-bond donors (Lipinski definition) is 1. The van der Waals surface area contributed by atoms with Crippen molar-refractivity contribution in [1.82, 2.24) is 5.32 Å². The van der Waals surface area contributed by atoms with Crippen LogP contribution in [0.5, 0.6) is 5.75 Å². The molecule has 0 aromatic heterocycles. The van der Waals surface area contributed by atoms with Gasteiger partial charge in [-0.2, -0.15) is 0 Å². The zero-order valence-corrected chi connectivity index (χ0v) is 11.9. The standard InChI is InChI=1S/C16H25NO2/c1-2-3-10-18-11-12-19-16-8-4-14(5-9-16)13-17-15-6-7-15/h4-5,8-9,15,17H,2-3,6-7,10-13H2,1H3. The Kier molecular flexibility index (Phi) is 6.18. The first kappa shape index (κ1) is 14.4. The summed E-state index contributed by atoms with van der Waals surface area (Å²) in [5.41, 5.74) is 1.32. The molecule has 0 atom stereocenters. The van der Waals surface area contributed by atoms with E-state index in [0.29, 0.717) is 13.2 Å². The first-order valence-electron chi connectivity index (χ1n) is 7.41. The van der Waals surface area contributed by atoms with Gasteiger partial charge in [0.25, 0.3) is 0 Å². The molecule has 1 aromatic carbocycles. The van der Waals surface area contributed by atoms with Gasteiger partial charge in [0.2, 0.25) is 0 Å². The molecule has 0 saturated heterocycles. The summed E-state index contributed by atoms with van der Waals surface area (Å²) in [6, 6.07) is 9.09. The van der Waals surface area contributed by atoms with Gasteiger partial charge in [-0.15, -0.1) is 0 Å². The van der Waals surface area contributed by atoms with E-state index >= 15 is 0 Å². The van der Waals surface area contributed by atoms with Gasteiger partial charge in [-0.25, -0.2) is 0 Å². The van der Waals surface area contributed by atoms with Crippen LogP contribution in [0.1, 0.15) is 38.2 Å².